The van der Waals surface area contributed by atoms with E-state index in [0.717, 1.165) is 77.0 Å². The minimum atomic E-state index is -5.17. The molecule has 3 N–H and O–H groups in total. The number of hydrogen-bond donors (Lipinski definition) is 3. The highest BCUT2D eigenvalue weighted by Gasteiger charge is 2.59. The Balaban J connectivity index is 2.80. The third-order valence-corrected chi connectivity index (χ3v) is 11.6. The summed E-state index contributed by atoms with van der Waals surface area (Å²) in [6.07, 6.45) is 28.3. The Labute approximate surface area is 299 Å². The lowest BCUT2D eigenvalue weighted by Gasteiger charge is -2.14. The molecule has 0 aromatic carbocycles. The number of phosphoric ester groups is 1. The van der Waals surface area contributed by atoms with Gasteiger partial charge in [0.25, 0.3) is 0 Å². The van der Waals surface area contributed by atoms with Crippen LogP contribution in [0.2, 0.25) is 0 Å². The highest BCUT2D eigenvalue weighted by Crippen LogP contribution is 2.65. The Bertz CT molecular complexity index is 1350. The lowest BCUT2D eigenvalue weighted by Crippen LogP contribution is -2.04. The third kappa shape index (κ3) is 21.4. The van der Waals surface area contributed by atoms with Crippen LogP contribution in [0, 0.1) is 17.3 Å². The van der Waals surface area contributed by atoms with E-state index in [1.165, 1.54) is 39.0 Å². The van der Waals surface area contributed by atoms with Crippen molar-refractivity contribution in [3.05, 3.63) is 81.5 Å². The monoisotopic (exact) mass is 722 g/mol. The van der Waals surface area contributed by atoms with Gasteiger partial charge < -0.3 is 14.7 Å². The molecule has 0 bridgehead atoms. The summed E-state index contributed by atoms with van der Waals surface area (Å²) in [6.45, 7) is 21.5. The van der Waals surface area contributed by atoms with E-state index < -0.39 is 15.6 Å². The molecule has 9 heteroatoms. The SMILES string of the molecule is CC(C)=CCC/C(C)=C/CC/C(C)=C/CC/C(C)=C/[C@@H]1[C@@H](COP(=O)(O)OP(=O)(O)O)[C@]1(C)CC/C=C(\C)CC/C=C(\C)CCC=C(C)C. The summed E-state index contributed by atoms with van der Waals surface area (Å²) in [4.78, 5) is 27.9. The quantitative estimate of drug-likeness (QED) is 0.0671. The van der Waals surface area contributed by atoms with Gasteiger partial charge in [0.05, 0.1) is 6.61 Å². The highest BCUT2D eigenvalue weighted by molar-refractivity contribution is 7.60. The van der Waals surface area contributed by atoms with Gasteiger partial charge >= 0.3 is 15.6 Å². The first kappa shape index (κ1) is 45.5. The van der Waals surface area contributed by atoms with E-state index in [9.17, 15) is 14.0 Å². The van der Waals surface area contributed by atoms with Crippen LogP contribution in [0.15, 0.2) is 81.5 Å². The van der Waals surface area contributed by atoms with Gasteiger partial charge in [-0.3, -0.25) is 4.52 Å². The van der Waals surface area contributed by atoms with Gasteiger partial charge in [0, 0.05) is 0 Å². The molecule has 7 nitrogen and oxygen atoms in total. The normalized spacial score (nSPS) is 22.2. The second-order valence-corrected chi connectivity index (χ2v) is 17.8. The molecule has 0 amide bonds. The van der Waals surface area contributed by atoms with E-state index in [4.69, 9.17) is 14.3 Å². The molecule has 0 spiro atoms. The van der Waals surface area contributed by atoms with Crippen LogP contribution < -0.4 is 0 Å². The Morgan fingerprint density at radius 3 is 1.35 bits per heavy atom. The Morgan fingerprint density at radius 1 is 0.592 bits per heavy atom. The minimum absolute atomic E-state index is 0.0626. The van der Waals surface area contributed by atoms with Crippen molar-refractivity contribution in [1.82, 2.24) is 0 Å². The maximum absolute atomic E-state index is 12.2. The molecule has 280 valence electrons. The van der Waals surface area contributed by atoms with Crippen molar-refractivity contribution in [1.29, 1.82) is 0 Å². The molecule has 4 atom stereocenters. The zero-order valence-corrected chi connectivity index (χ0v) is 34.0. The molecule has 1 aliphatic rings. The van der Waals surface area contributed by atoms with Crippen molar-refractivity contribution >= 4 is 15.6 Å². The molecule has 0 aliphatic heterocycles. The first-order valence-electron chi connectivity index (χ1n) is 18.0. The van der Waals surface area contributed by atoms with Crippen molar-refractivity contribution in [3.63, 3.8) is 0 Å². The van der Waals surface area contributed by atoms with Crippen molar-refractivity contribution in [2.45, 2.75) is 146 Å². The molecule has 0 heterocycles. The number of allylic oxidation sites excluding steroid dienone is 14. The summed E-state index contributed by atoms with van der Waals surface area (Å²) in [7, 11) is -10.1. The van der Waals surface area contributed by atoms with Crippen LogP contribution >= 0.6 is 15.6 Å². The summed E-state index contributed by atoms with van der Waals surface area (Å²) < 4.78 is 32.5. The standard InChI is InChI=1S/C40H68O7P2/c1-31(2)17-11-19-33(5)21-13-23-35(7)25-15-26-37(9)29-38-39(30-46-49(44,45)47-48(41,42)43)40(38,10)28-16-27-36(8)24-14-22-34(6)20-12-18-32(3)4/h17-18,21-22,25,27,29,38-39H,11-16,19-20,23-24,26,28,30H2,1-10H3,(H,44,45)(H2,41,42,43)/b33-21+,34-22+,35-25+,36-27+,37-29+/t38-,39-,40-/m1/s1. The third-order valence-electron chi connectivity index (χ3n) is 9.48. The highest BCUT2D eigenvalue weighted by atomic mass is 31.3. The number of rotatable bonds is 24. The van der Waals surface area contributed by atoms with E-state index in [-0.39, 0.29) is 23.9 Å². The lowest BCUT2D eigenvalue weighted by atomic mass is 9.95. The van der Waals surface area contributed by atoms with Crippen LogP contribution in [0.25, 0.3) is 0 Å². The van der Waals surface area contributed by atoms with Crippen molar-refractivity contribution in [2.24, 2.45) is 17.3 Å². The van der Waals surface area contributed by atoms with E-state index in [1.54, 1.807) is 0 Å². The van der Waals surface area contributed by atoms with Crippen molar-refractivity contribution < 1.29 is 32.6 Å². The summed E-state index contributed by atoms with van der Waals surface area (Å²) in [5, 5.41) is 0. The predicted molar refractivity (Wildman–Crippen MR) is 207 cm³/mol. The van der Waals surface area contributed by atoms with Gasteiger partial charge in [0.1, 0.15) is 0 Å². The summed E-state index contributed by atoms with van der Waals surface area (Å²) in [5.41, 5.74) is 9.43. The van der Waals surface area contributed by atoms with Gasteiger partial charge in [-0.25, -0.2) is 9.13 Å². The van der Waals surface area contributed by atoms with Gasteiger partial charge in [0.2, 0.25) is 0 Å². The van der Waals surface area contributed by atoms with Gasteiger partial charge in [-0.2, -0.15) is 4.31 Å². The maximum Gasteiger partial charge on any atom is 0.481 e. The molecule has 0 saturated heterocycles. The fourth-order valence-electron chi connectivity index (χ4n) is 6.23. The fourth-order valence-corrected chi connectivity index (χ4v) is 7.84. The van der Waals surface area contributed by atoms with Gasteiger partial charge in [0.15, 0.2) is 0 Å². The second kappa shape index (κ2) is 22.4. The molecule has 1 rings (SSSR count). The molecule has 1 saturated carbocycles. The summed E-state index contributed by atoms with van der Waals surface area (Å²) >= 11 is 0. The molecule has 1 fully saturated rings. The van der Waals surface area contributed by atoms with Crippen molar-refractivity contribution in [3.8, 4) is 0 Å². The van der Waals surface area contributed by atoms with E-state index in [1.807, 2.05) is 0 Å². The van der Waals surface area contributed by atoms with Gasteiger partial charge in [-0.05, 0) is 157 Å². The zero-order chi connectivity index (χ0) is 37.3. The van der Waals surface area contributed by atoms with Crippen LogP contribution in [-0.4, -0.2) is 21.3 Å². The predicted octanol–water partition coefficient (Wildman–Crippen LogP) is 12.8. The van der Waals surface area contributed by atoms with Crippen LogP contribution in [0.1, 0.15) is 146 Å². The topological polar surface area (TPSA) is 113 Å². The molecule has 0 aromatic heterocycles. The molecule has 1 aliphatic carbocycles. The van der Waals surface area contributed by atoms with Gasteiger partial charge in [-0.15, -0.1) is 0 Å². The van der Waals surface area contributed by atoms with Gasteiger partial charge in [-0.1, -0.05) is 88.5 Å². The van der Waals surface area contributed by atoms with Crippen molar-refractivity contribution in [2.75, 3.05) is 6.61 Å². The Hall–Kier alpha value is -1.56. The fraction of sp³-hybridized carbons (Fsp3) is 0.650. The molecule has 49 heavy (non-hydrogen) atoms. The van der Waals surface area contributed by atoms with Crippen LogP contribution in [-0.2, 0) is 18.0 Å². The molecule has 0 radical (unpaired) electrons. The maximum atomic E-state index is 12.2. The molecule has 0 aromatic rings. The Morgan fingerprint density at radius 2 is 0.959 bits per heavy atom. The average Bonchev–Trinajstić information content (AvgIpc) is 3.50. The average molecular weight is 723 g/mol. The lowest BCUT2D eigenvalue weighted by molar-refractivity contribution is 0.166. The zero-order valence-electron chi connectivity index (χ0n) is 32.3. The minimum Gasteiger partial charge on any atom is -0.302 e. The van der Waals surface area contributed by atoms with E-state index in [0.29, 0.717) is 0 Å². The largest absolute Gasteiger partial charge is 0.481 e. The Kier molecular flexibility index (Phi) is 20.8. The summed E-state index contributed by atoms with van der Waals surface area (Å²) in [5.74, 6) is 0.0691. The molecular weight excluding hydrogens is 654 g/mol. The smallest absolute Gasteiger partial charge is 0.302 e. The van der Waals surface area contributed by atoms with Crippen LogP contribution in [0.4, 0.5) is 0 Å². The first-order chi connectivity index (χ1) is 22.7. The van der Waals surface area contributed by atoms with E-state index >= 15 is 0 Å². The molecular formula is C40H68O7P2. The summed E-state index contributed by atoms with van der Waals surface area (Å²) in [6, 6.07) is 0. The number of hydrogen-bond acceptors (Lipinski definition) is 4. The first-order valence-corrected chi connectivity index (χ1v) is 21.1. The van der Waals surface area contributed by atoms with Crippen LogP contribution in [0.5, 0.6) is 0 Å². The number of phosphoric acid groups is 2. The second-order valence-electron chi connectivity index (χ2n) is 15.0. The van der Waals surface area contributed by atoms with Crippen LogP contribution in [0.3, 0.4) is 0 Å². The van der Waals surface area contributed by atoms with E-state index in [2.05, 4.69) is 116 Å². The molecule has 1 unspecified atom stereocenters.